The van der Waals surface area contributed by atoms with Crippen molar-refractivity contribution in [1.82, 2.24) is 0 Å². The predicted octanol–water partition coefficient (Wildman–Crippen LogP) is 2.61. The van der Waals surface area contributed by atoms with Crippen LogP contribution in [-0.4, -0.2) is 26.5 Å². The second kappa shape index (κ2) is 4.91. The molecular weight excluding hydrogens is 198 g/mol. The van der Waals surface area contributed by atoms with Crippen molar-refractivity contribution in [2.75, 3.05) is 25.3 Å². The molecule has 0 aliphatic rings. The van der Waals surface area contributed by atoms with E-state index >= 15 is 0 Å². The Kier molecular flexibility index (Phi) is 3.83. The summed E-state index contributed by atoms with van der Waals surface area (Å²) in [6.07, 6.45) is 1.62. The maximum absolute atomic E-state index is 11.3. The van der Waals surface area contributed by atoms with E-state index in [9.17, 15) is 4.79 Å². The Balaban J connectivity index is 2.99. The van der Waals surface area contributed by atoms with E-state index in [4.69, 9.17) is 0 Å². The monoisotopic (exact) mass is 211 g/mol. The van der Waals surface area contributed by atoms with Crippen LogP contribution < -0.4 is 4.90 Å². The Labute approximate surface area is 88.0 Å². The molecule has 0 saturated carbocycles. The Morgan fingerprint density at radius 2 is 2.07 bits per heavy atom. The predicted molar refractivity (Wildman–Crippen MR) is 59.0 cm³/mol. The molecule has 0 N–H and O–H groups in total. The molecule has 0 saturated heterocycles. The van der Waals surface area contributed by atoms with Crippen LogP contribution in [0.25, 0.3) is 0 Å². The van der Waals surface area contributed by atoms with Gasteiger partial charge in [-0.2, -0.15) is 0 Å². The number of amides is 1. The van der Waals surface area contributed by atoms with E-state index in [2.05, 4.69) is 4.74 Å². The van der Waals surface area contributed by atoms with Crippen molar-refractivity contribution in [3.05, 3.63) is 24.3 Å². The van der Waals surface area contributed by atoms with Crippen LogP contribution in [-0.2, 0) is 4.74 Å². The van der Waals surface area contributed by atoms with E-state index in [1.165, 1.54) is 12.0 Å². The largest absolute Gasteiger partial charge is 0.452 e. The Morgan fingerprint density at radius 3 is 2.64 bits per heavy atom. The van der Waals surface area contributed by atoms with Gasteiger partial charge in [0.25, 0.3) is 0 Å². The molecule has 0 aromatic heterocycles. The lowest BCUT2D eigenvalue weighted by Crippen LogP contribution is -2.26. The lowest BCUT2D eigenvalue weighted by molar-refractivity contribution is 0.180. The highest BCUT2D eigenvalue weighted by Crippen LogP contribution is 2.27. The Bertz CT molecular complexity index is 328. The van der Waals surface area contributed by atoms with Gasteiger partial charge in [-0.1, -0.05) is 12.1 Å². The number of hydrogen-bond acceptors (Lipinski definition) is 3. The molecule has 3 nitrogen and oxygen atoms in total. The normalized spacial score (nSPS) is 9.64. The van der Waals surface area contributed by atoms with E-state index in [0.29, 0.717) is 0 Å². The van der Waals surface area contributed by atoms with E-state index in [1.54, 1.807) is 18.8 Å². The molecule has 0 heterocycles. The number of carbonyl (C=O) groups excluding carboxylic acids is 1. The topological polar surface area (TPSA) is 29.5 Å². The molecule has 0 aliphatic heterocycles. The molecule has 76 valence electrons. The van der Waals surface area contributed by atoms with E-state index in [1.807, 2.05) is 30.5 Å². The average molecular weight is 211 g/mol. The lowest BCUT2D eigenvalue weighted by Gasteiger charge is -2.17. The SMILES string of the molecule is COC(=O)N(C)c1ccccc1SC. The molecule has 14 heavy (non-hydrogen) atoms. The first kappa shape index (κ1) is 10.9. The van der Waals surface area contributed by atoms with Gasteiger partial charge in [0.2, 0.25) is 0 Å². The summed E-state index contributed by atoms with van der Waals surface area (Å²) in [6.45, 7) is 0. The van der Waals surface area contributed by atoms with E-state index in [0.717, 1.165) is 10.6 Å². The van der Waals surface area contributed by atoms with Crippen molar-refractivity contribution in [2.45, 2.75) is 4.90 Å². The highest BCUT2D eigenvalue weighted by molar-refractivity contribution is 7.98. The van der Waals surface area contributed by atoms with Crippen molar-refractivity contribution in [3.63, 3.8) is 0 Å². The highest BCUT2D eigenvalue weighted by Gasteiger charge is 2.13. The van der Waals surface area contributed by atoms with Gasteiger partial charge in [-0.15, -0.1) is 11.8 Å². The average Bonchev–Trinajstić information content (AvgIpc) is 2.26. The first-order valence-corrected chi connectivity index (χ1v) is 5.38. The third-order valence-electron chi connectivity index (χ3n) is 1.90. The summed E-state index contributed by atoms with van der Waals surface area (Å²) < 4.78 is 4.64. The minimum absolute atomic E-state index is 0.355. The molecule has 0 unspecified atom stereocenters. The van der Waals surface area contributed by atoms with Gasteiger partial charge in [0.05, 0.1) is 12.8 Å². The zero-order chi connectivity index (χ0) is 10.6. The number of methoxy groups -OCH3 is 1. The summed E-state index contributed by atoms with van der Waals surface area (Å²) in [5, 5.41) is 0. The number of thioether (sulfide) groups is 1. The van der Waals surface area contributed by atoms with Crippen molar-refractivity contribution in [2.24, 2.45) is 0 Å². The molecule has 0 bridgehead atoms. The van der Waals surface area contributed by atoms with Crippen molar-refractivity contribution in [1.29, 1.82) is 0 Å². The van der Waals surface area contributed by atoms with Crippen molar-refractivity contribution < 1.29 is 9.53 Å². The summed E-state index contributed by atoms with van der Waals surface area (Å²) in [5.74, 6) is 0. The Hall–Kier alpha value is -1.16. The summed E-state index contributed by atoms with van der Waals surface area (Å²) in [4.78, 5) is 13.8. The molecule has 1 amide bonds. The molecule has 0 aliphatic carbocycles. The lowest BCUT2D eigenvalue weighted by atomic mass is 10.3. The molecule has 0 spiro atoms. The summed E-state index contributed by atoms with van der Waals surface area (Å²) in [5.41, 5.74) is 0.867. The maximum atomic E-state index is 11.3. The minimum atomic E-state index is -0.355. The number of rotatable bonds is 2. The van der Waals surface area contributed by atoms with Gasteiger partial charge in [-0.3, -0.25) is 4.90 Å². The fourth-order valence-corrected chi connectivity index (χ4v) is 1.77. The zero-order valence-electron chi connectivity index (χ0n) is 8.48. The van der Waals surface area contributed by atoms with Crippen LogP contribution in [0, 0.1) is 0 Å². The molecular formula is C10H13NO2S. The van der Waals surface area contributed by atoms with Gasteiger partial charge >= 0.3 is 6.09 Å². The van der Waals surface area contributed by atoms with Crippen LogP contribution in [0.4, 0.5) is 10.5 Å². The molecule has 0 radical (unpaired) electrons. The molecule has 1 aromatic carbocycles. The zero-order valence-corrected chi connectivity index (χ0v) is 9.30. The van der Waals surface area contributed by atoms with Gasteiger partial charge in [-0.05, 0) is 18.4 Å². The van der Waals surface area contributed by atoms with Crippen LogP contribution in [0.5, 0.6) is 0 Å². The number of ether oxygens (including phenoxy) is 1. The number of carbonyl (C=O) groups is 1. The van der Waals surface area contributed by atoms with E-state index < -0.39 is 0 Å². The van der Waals surface area contributed by atoms with Crippen LogP contribution >= 0.6 is 11.8 Å². The third kappa shape index (κ3) is 2.20. The van der Waals surface area contributed by atoms with Crippen LogP contribution in [0.2, 0.25) is 0 Å². The first-order valence-electron chi connectivity index (χ1n) is 4.15. The second-order valence-corrected chi connectivity index (χ2v) is 3.55. The standard InChI is InChI=1S/C10H13NO2S/c1-11(10(12)13-2)8-6-4-5-7-9(8)14-3/h4-7H,1-3H3. The number of anilines is 1. The Morgan fingerprint density at radius 1 is 1.43 bits per heavy atom. The molecule has 4 heteroatoms. The van der Waals surface area contributed by atoms with Gasteiger partial charge in [0.15, 0.2) is 0 Å². The molecule has 0 fully saturated rings. The number of benzene rings is 1. The molecule has 1 rings (SSSR count). The summed E-state index contributed by atoms with van der Waals surface area (Å²) >= 11 is 1.60. The smallest absolute Gasteiger partial charge is 0.413 e. The maximum Gasteiger partial charge on any atom is 0.413 e. The fraction of sp³-hybridized carbons (Fsp3) is 0.300. The number of nitrogens with zero attached hydrogens (tertiary/aromatic N) is 1. The fourth-order valence-electron chi connectivity index (χ4n) is 1.14. The van der Waals surface area contributed by atoms with Crippen molar-refractivity contribution >= 4 is 23.5 Å². The molecule has 1 aromatic rings. The summed E-state index contributed by atoms with van der Waals surface area (Å²) in [7, 11) is 3.07. The van der Waals surface area contributed by atoms with Gasteiger partial charge in [0.1, 0.15) is 0 Å². The minimum Gasteiger partial charge on any atom is -0.452 e. The number of hydrogen-bond donors (Lipinski definition) is 0. The van der Waals surface area contributed by atoms with Crippen molar-refractivity contribution in [3.8, 4) is 0 Å². The third-order valence-corrected chi connectivity index (χ3v) is 2.68. The molecule has 0 atom stereocenters. The summed E-state index contributed by atoms with van der Waals surface area (Å²) in [6, 6.07) is 7.71. The van der Waals surface area contributed by atoms with Crippen LogP contribution in [0.15, 0.2) is 29.2 Å². The second-order valence-electron chi connectivity index (χ2n) is 2.70. The first-order chi connectivity index (χ1) is 6.70. The van der Waals surface area contributed by atoms with Crippen LogP contribution in [0.3, 0.4) is 0 Å². The number of para-hydroxylation sites is 1. The van der Waals surface area contributed by atoms with Crippen LogP contribution in [0.1, 0.15) is 0 Å². The van der Waals surface area contributed by atoms with Gasteiger partial charge < -0.3 is 4.74 Å². The quantitative estimate of drug-likeness (QED) is 0.704. The van der Waals surface area contributed by atoms with Gasteiger partial charge in [0, 0.05) is 11.9 Å². The highest BCUT2D eigenvalue weighted by atomic mass is 32.2. The van der Waals surface area contributed by atoms with Gasteiger partial charge in [-0.25, -0.2) is 4.79 Å². The van der Waals surface area contributed by atoms with E-state index in [-0.39, 0.29) is 6.09 Å².